The van der Waals surface area contributed by atoms with Gasteiger partial charge >= 0.3 is 0 Å². The minimum Gasteiger partial charge on any atom is -0.371 e. The smallest absolute Gasteiger partial charge is 0.280 e. The summed E-state index contributed by atoms with van der Waals surface area (Å²) in [4.78, 5) is 15.8. The van der Waals surface area contributed by atoms with Gasteiger partial charge in [-0.2, -0.15) is 0 Å². The third kappa shape index (κ3) is 2.18. The fourth-order valence-corrected chi connectivity index (χ4v) is 1.82. The van der Waals surface area contributed by atoms with Gasteiger partial charge in [0.1, 0.15) is 12.0 Å². The number of halogens is 2. The molecule has 1 aromatic rings. The molecule has 0 unspecified atom stereocenters. The summed E-state index contributed by atoms with van der Waals surface area (Å²) in [6, 6.07) is 3.12. The third-order valence-corrected chi connectivity index (χ3v) is 2.74. The van der Waals surface area contributed by atoms with Crippen LogP contribution in [0.1, 0.15) is 18.5 Å². The van der Waals surface area contributed by atoms with Crippen LogP contribution in [-0.2, 0) is 4.79 Å². The van der Waals surface area contributed by atoms with Crippen molar-refractivity contribution in [2.24, 2.45) is 5.92 Å². The van der Waals surface area contributed by atoms with Crippen molar-refractivity contribution in [2.45, 2.75) is 12.8 Å². The number of carbonyl (C=O) groups excluding carboxylic acids is 1. The van der Waals surface area contributed by atoms with Crippen LogP contribution in [0.4, 0.5) is 14.5 Å². The SMILES string of the molecule is O=CCC1CN(c2ccnc(C(F)F)c2)C1. The lowest BCUT2D eigenvalue weighted by Gasteiger charge is -2.40. The predicted octanol–water partition coefficient (Wildman–Crippen LogP) is 2.04. The third-order valence-electron chi connectivity index (χ3n) is 2.74. The number of alkyl halides is 2. The number of hydrogen-bond donors (Lipinski definition) is 0. The number of pyridine rings is 1. The van der Waals surface area contributed by atoms with Crippen molar-refractivity contribution in [3.05, 3.63) is 24.0 Å². The molecule has 1 fully saturated rings. The van der Waals surface area contributed by atoms with E-state index >= 15 is 0 Å². The zero-order chi connectivity index (χ0) is 11.5. The maximum Gasteiger partial charge on any atom is 0.280 e. The Morgan fingerprint density at radius 3 is 2.94 bits per heavy atom. The molecule has 1 aliphatic rings. The molecule has 0 radical (unpaired) electrons. The van der Waals surface area contributed by atoms with E-state index in [1.54, 1.807) is 6.07 Å². The summed E-state index contributed by atoms with van der Waals surface area (Å²) in [6.45, 7) is 1.51. The van der Waals surface area contributed by atoms with Crippen molar-refractivity contribution in [1.29, 1.82) is 0 Å². The van der Waals surface area contributed by atoms with E-state index in [4.69, 9.17) is 0 Å². The fraction of sp³-hybridized carbons (Fsp3) is 0.455. The Labute approximate surface area is 92.1 Å². The first-order chi connectivity index (χ1) is 7.70. The van der Waals surface area contributed by atoms with Crippen molar-refractivity contribution >= 4 is 12.0 Å². The molecule has 0 aliphatic carbocycles. The van der Waals surface area contributed by atoms with E-state index in [9.17, 15) is 13.6 Å². The molecule has 0 bridgehead atoms. The molecule has 3 nitrogen and oxygen atoms in total. The number of nitrogens with zero attached hydrogens (tertiary/aromatic N) is 2. The van der Waals surface area contributed by atoms with Gasteiger partial charge in [-0.15, -0.1) is 0 Å². The van der Waals surface area contributed by atoms with Gasteiger partial charge in [0.25, 0.3) is 6.43 Å². The normalized spacial score (nSPS) is 16.3. The van der Waals surface area contributed by atoms with Crippen LogP contribution in [0.2, 0.25) is 0 Å². The minimum absolute atomic E-state index is 0.198. The van der Waals surface area contributed by atoms with Crippen LogP contribution < -0.4 is 4.90 Å². The Bertz CT molecular complexity index is 378. The molecule has 2 rings (SSSR count). The van der Waals surface area contributed by atoms with E-state index < -0.39 is 6.43 Å². The van der Waals surface area contributed by atoms with Crippen molar-refractivity contribution in [3.63, 3.8) is 0 Å². The van der Waals surface area contributed by atoms with Crippen molar-refractivity contribution in [2.75, 3.05) is 18.0 Å². The van der Waals surface area contributed by atoms with Gasteiger partial charge in [-0.05, 0) is 12.1 Å². The lowest BCUT2D eigenvalue weighted by Crippen LogP contribution is -2.46. The summed E-state index contributed by atoms with van der Waals surface area (Å²) in [7, 11) is 0. The van der Waals surface area contributed by atoms with Crippen LogP contribution in [0.25, 0.3) is 0 Å². The Balaban J connectivity index is 2.00. The second kappa shape index (κ2) is 4.55. The van der Waals surface area contributed by atoms with Crippen LogP contribution in [-0.4, -0.2) is 24.4 Å². The molecule has 86 valence electrons. The van der Waals surface area contributed by atoms with Crippen molar-refractivity contribution < 1.29 is 13.6 Å². The van der Waals surface area contributed by atoms with Gasteiger partial charge in [0.15, 0.2) is 0 Å². The molecule has 1 aromatic heterocycles. The highest BCUT2D eigenvalue weighted by Crippen LogP contribution is 2.28. The van der Waals surface area contributed by atoms with E-state index in [-0.39, 0.29) is 5.69 Å². The number of aldehydes is 1. The van der Waals surface area contributed by atoms with E-state index in [1.807, 2.05) is 4.90 Å². The molecule has 5 heteroatoms. The lowest BCUT2D eigenvalue weighted by atomic mass is 9.96. The van der Waals surface area contributed by atoms with Gasteiger partial charge in [-0.3, -0.25) is 4.98 Å². The highest BCUT2D eigenvalue weighted by Gasteiger charge is 2.26. The van der Waals surface area contributed by atoms with Crippen LogP contribution in [0.3, 0.4) is 0 Å². The minimum atomic E-state index is -2.54. The summed E-state index contributed by atoms with van der Waals surface area (Å²) in [5.74, 6) is 0.362. The first-order valence-corrected chi connectivity index (χ1v) is 5.13. The van der Waals surface area contributed by atoms with Crippen LogP contribution >= 0.6 is 0 Å². The van der Waals surface area contributed by atoms with Gasteiger partial charge in [-0.25, -0.2) is 8.78 Å². The molecule has 0 saturated carbocycles. The first-order valence-electron chi connectivity index (χ1n) is 5.13. The zero-order valence-electron chi connectivity index (χ0n) is 8.64. The van der Waals surface area contributed by atoms with Crippen LogP contribution in [0.15, 0.2) is 18.3 Å². The second-order valence-corrected chi connectivity index (χ2v) is 3.91. The average molecular weight is 226 g/mol. The summed E-state index contributed by atoms with van der Waals surface area (Å²) in [5, 5.41) is 0. The standard InChI is InChI=1S/C11H12F2N2O/c12-11(13)10-5-9(1-3-14-10)15-6-8(7-15)2-4-16/h1,3-5,8,11H,2,6-7H2. The van der Waals surface area contributed by atoms with Gasteiger partial charge in [0.2, 0.25) is 0 Å². The molecule has 0 aromatic carbocycles. The Morgan fingerprint density at radius 2 is 2.31 bits per heavy atom. The van der Waals surface area contributed by atoms with Crippen LogP contribution in [0, 0.1) is 5.92 Å². The van der Waals surface area contributed by atoms with Gasteiger partial charge in [0, 0.05) is 37.3 Å². The van der Waals surface area contributed by atoms with E-state index in [2.05, 4.69) is 4.98 Å². The highest BCUT2D eigenvalue weighted by atomic mass is 19.3. The number of rotatable bonds is 4. The fourth-order valence-electron chi connectivity index (χ4n) is 1.82. The van der Waals surface area contributed by atoms with Gasteiger partial charge in [0.05, 0.1) is 0 Å². The maximum atomic E-state index is 12.4. The van der Waals surface area contributed by atoms with Gasteiger partial charge < -0.3 is 9.69 Å². The Morgan fingerprint density at radius 1 is 1.56 bits per heavy atom. The Hall–Kier alpha value is -1.52. The summed E-state index contributed by atoms with van der Waals surface area (Å²) in [6.07, 6.45) is 0.304. The summed E-state index contributed by atoms with van der Waals surface area (Å²) < 4.78 is 24.8. The van der Waals surface area contributed by atoms with Gasteiger partial charge in [-0.1, -0.05) is 0 Å². The van der Waals surface area contributed by atoms with E-state index in [1.165, 1.54) is 12.3 Å². The van der Waals surface area contributed by atoms with Crippen molar-refractivity contribution in [3.8, 4) is 0 Å². The zero-order valence-corrected chi connectivity index (χ0v) is 8.64. The van der Waals surface area contributed by atoms with E-state index in [0.717, 1.165) is 25.1 Å². The second-order valence-electron chi connectivity index (χ2n) is 3.91. The number of hydrogen-bond acceptors (Lipinski definition) is 3. The molecule has 1 aliphatic heterocycles. The molecule has 0 N–H and O–H groups in total. The molecular formula is C11H12F2N2O. The lowest BCUT2D eigenvalue weighted by molar-refractivity contribution is -0.108. The molecule has 0 amide bonds. The number of anilines is 1. The molecule has 0 atom stereocenters. The van der Waals surface area contributed by atoms with Crippen LogP contribution in [0.5, 0.6) is 0 Å². The largest absolute Gasteiger partial charge is 0.371 e. The molecule has 1 saturated heterocycles. The number of carbonyl (C=O) groups is 1. The Kier molecular flexibility index (Phi) is 3.12. The monoisotopic (exact) mass is 226 g/mol. The summed E-state index contributed by atoms with van der Waals surface area (Å²) in [5.41, 5.74) is 0.559. The predicted molar refractivity (Wildman–Crippen MR) is 55.6 cm³/mol. The van der Waals surface area contributed by atoms with E-state index in [0.29, 0.717) is 12.3 Å². The molecule has 2 heterocycles. The first kappa shape index (κ1) is 11.0. The summed E-state index contributed by atoms with van der Waals surface area (Å²) >= 11 is 0. The quantitative estimate of drug-likeness (QED) is 0.736. The topological polar surface area (TPSA) is 33.2 Å². The molecule has 0 spiro atoms. The van der Waals surface area contributed by atoms with Crippen molar-refractivity contribution in [1.82, 2.24) is 4.98 Å². The molecular weight excluding hydrogens is 214 g/mol. The highest BCUT2D eigenvalue weighted by molar-refractivity contribution is 5.54. The maximum absolute atomic E-state index is 12.4. The number of aromatic nitrogens is 1. The molecule has 16 heavy (non-hydrogen) atoms. The average Bonchev–Trinajstić information content (AvgIpc) is 2.23.